The van der Waals surface area contributed by atoms with Gasteiger partial charge in [-0.05, 0) is 151 Å². The molecule has 4 rings (SSSR count). The number of hydrogen-bond donors (Lipinski definition) is 2. The quantitative estimate of drug-likeness (QED) is 0.0593. The molecule has 9 nitrogen and oxygen atoms in total. The van der Waals surface area contributed by atoms with E-state index in [0.717, 1.165) is 99.1 Å². The van der Waals surface area contributed by atoms with E-state index in [9.17, 15) is 5.11 Å². The Kier molecular flexibility index (Phi) is 18.4. The lowest BCUT2D eigenvalue weighted by Gasteiger charge is -2.43. The number of nitrogens with one attached hydrogen (secondary N) is 1. The molecule has 60 heavy (non-hydrogen) atoms. The van der Waals surface area contributed by atoms with Crippen LogP contribution >= 0.6 is 0 Å². The van der Waals surface area contributed by atoms with Crippen LogP contribution in [0.1, 0.15) is 123 Å². The molecular weight excluding hydrogens is 757 g/mol. The molecule has 1 aliphatic rings. The minimum absolute atomic E-state index is 0.0597. The first-order valence-electron chi connectivity index (χ1n) is 22.2. The third kappa shape index (κ3) is 12.1. The van der Waals surface area contributed by atoms with Crippen molar-refractivity contribution in [1.29, 1.82) is 0 Å². The molecule has 1 saturated heterocycles. The predicted octanol–water partition coefficient (Wildman–Crippen LogP) is 11.5. The number of allylic oxidation sites excluding steroid dienone is 6. The summed E-state index contributed by atoms with van der Waals surface area (Å²) in [6, 6.07) is 9.65. The standard InChI is InChI=1S/C49H73F2N7O2/c1-13-20-39(15-3)57-25-19-18-21-47(57)35(8)60-36(9)53-30-45(51)49(43-29-41(59)27-37-22-23-46(52-10)42(16-4)48(37)43)44(50)26-33(6)34(7)56(17-5)32-40-28-38(31-55(11)12)54-58(40)24-14-2/h22-23,26-30,35,39,47,52,59H,9,13-21,24-25,31-32H2,1-8,10-12H3/b34-33-,44-26+,49-45+,53-30?. The Labute approximate surface area is 359 Å². The van der Waals surface area contributed by atoms with Gasteiger partial charge < -0.3 is 25.0 Å². The van der Waals surface area contributed by atoms with Crippen LogP contribution in [0.2, 0.25) is 0 Å². The highest BCUT2D eigenvalue weighted by atomic mass is 19.1. The number of aromatic nitrogens is 2. The molecule has 1 aliphatic heterocycles. The summed E-state index contributed by atoms with van der Waals surface area (Å²) in [7, 11) is 5.88. The largest absolute Gasteiger partial charge is 0.508 e. The van der Waals surface area contributed by atoms with Crippen molar-refractivity contribution < 1.29 is 18.6 Å². The number of aryl methyl sites for hydroxylation is 2. The summed E-state index contributed by atoms with van der Waals surface area (Å²) in [5, 5.41) is 20.4. The lowest BCUT2D eigenvalue weighted by atomic mass is 9.90. The second kappa shape index (κ2) is 22.9. The smallest absolute Gasteiger partial charge is 0.206 e. The number of piperidine rings is 1. The lowest BCUT2D eigenvalue weighted by molar-refractivity contribution is -0.0104. The van der Waals surface area contributed by atoms with E-state index in [0.29, 0.717) is 41.9 Å². The molecule has 3 unspecified atom stereocenters. The number of likely N-dealkylation sites (tertiary alicyclic amines) is 1. The van der Waals surface area contributed by atoms with Crippen LogP contribution in [0.15, 0.2) is 76.8 Å². The van der Waals surface area contributed by atoms with Crippen LogP contribution in [0.25, 0.3) is 16.3 Å². The van der Waals surface area contributed by atoms with Crippen LogP contribution in [0, 0.1) is 0 Å². The van der Waals surface area contributed by atoms with Gasteiger partial charge in [0, 0.05) is 50.2 Å². The maximum Gasteiger partial charge on any atom is 0.206 e. The number of benzene rings is 2. The van der Waals surface area contributed by atoms with Crippen molar-refractivity contribution in [2.45, 2.75) is 145 Å². The molecule has 0 saturated carbocycles. The molecule has 2 N–H and O–H groups in total. The van der Waals surface area contributed by atoms with Crippen molar-refractivity contribution >= 4 is 28.2 Å². The van der Waals surface area contributed by atoms with Gasteiger partial charge in [0.25, 0.3) is 0 Å². The molecule has 1 fully saturated rings. The molecule has 2 heterocycles. The van der Waals surface area contributed by atoms with Gasteiger partial charge in [-0.2, -0.15) is 5.10 Å². The van der Waals surface area contributed by atoms with Crippen molar-refractivity contribution in [3.8, 4) is 5.75 Å². The Morgan fingerprint density at radius 3 is 2.47 bits per heavy atom. The summed E-state index contributed by atoms with van der Waals surface area (Å²) in [6.07, 6.45) is 10.3. The second-order valence-corrected chi connectivity index (χ2v) is 16.5. The summed E-state index contributed by atoms with van der Waals surface area (Å²) < 4.78 is 42.6. The van der Waals surface area contributed by atoms with E-state index in [1.165, 1.54) is 12.1 Å². The Bertz CT molecular complexity index is 2030. The van der Waals surface area contributed by atoms with Crippen LogP contribution in [0.3, 0.4) is 0 Å². The molecule has 3 atom stereocenters. The molecule has 0 aliphatic carbocycles. The Balaban J connectivity index is 1.80. The SMILES string of the molecule is C=C(N=C\C(F)=C(/C(F)=C\C(C)=C(\C)N(CC)Cc1cc(CN(C)C)nn1CCC)c1cc(O)cc2ccc(NC)c(CC)c12)OC(C)C1CCCCN1C(CC)CCC. The Morgan fingerprint density at radius 1 is 1.08 bits per heavy atom. The van der Waals surface area contributed by atoms with Crippen LogP contribution in [-0.4, -0.2) is 88.2 Å². The summed E-state index contributed by atoms with van der Waals surface area (Å²) in [5.74, 6) is -1.74. The molecule has 11 heteroatoms. The first kappa shape index (κ1) is 48.2. The van der Waals surface area contributed by atoms with Gasteiger partial charge in [-0.25, -0.2) is 13.8 Å². The van der Waals surface area contributed by atoms with Crippen molar-refractivity contribution in [2.24, 2.45) is 4.99 Å². The molecule has 0 spiro atoms. The highest BCUT2D eigenvalue weighted by molar-refractivity contribution is 6.05. The highest BCUT2D eigenvalue weighted by Crippen LogP contribution is 2.40. The maximum atomic E-state index is 17.2. The van der Waals surface area contributed by atoms with E-state index in [-0.39, 0.29) is 34.9 Å². The van der Waals surface area contributed by atoms with Crippen LogP contribution in [0.5, 0.6) is 5.75 Å². The van der Waals surface area contributed by atoms with Crippen molar-refractivity contribution in [1.82, 2.24) is 24.5 Å². The van der Waals surface area contributed by atoms with Crippen LogP contribution in [-0.2, 0) is 30.8 Å². The van der Waals surface area contributed by atoms with Gasteiger partial charge in [0.15, 0.2) is 5.83 Å². The average Bonchev–Trinajstić information content (AvgIpc) is 3.59. The lowest BCUT2D eigenvalue weighted by Crippen LogP contribution is -2.51. The number of fused-ring (bicyclic) bond motifs is 1. The van der Waals surface area contributed by atoms with Crippen molar-refractivity contribution in [3.05, 3.63) is 94.3 Å². The van der Waals surface area contributed by atoms with E-state index in [4.69, 9.17) is 9.84 Å². The third-order valence-electron chi connectivity index (χ3n) is 11.9. The third-order valence-corrected chi connectivity index (χ3v) is 11.9. The van der Waals surface area contributed by atoms with Crippen molar-refractivity contribution in [3.63, 3.8) is 0 Å². The fourth-order valence-electron chi connectivity index (χ4n) is 8.82. The van der Waals surface area contributed by atoms with Gasteiger partial charge >= 0.3 is 0 Å². The predicted molar refractivity (Wildman–Crippen MR) is 248 cm³/mol. The van der Waals surface area contributed by atoms with E-state index in [1.807, 2.05) is 61.0 Å². The number of ether oxygens (including phenoxy) is 1. The molecule has 0 amide bonds. The molecule has 0 radical (unpaired) electrons. The normalized spacial score (nSPS) is 17.2. The molecule has 0 bridgehead atoms. The number of halogens is 2. The van der Waals surface area contributed by atoms with Gasteiger partial charge in [-0.3, -0.25) is 9.58 Å². The van der Waals surface area contributed by atoms with Gasteiger partial charge in [0.1, 0.15) is 17.7 Å². The van der Waals surface area contributed by atoms with E-state index in [1.54, 1.807) is 6.07 Å². The number of nitrogens with zero attached hydrogens (tertiary/aromatic N) is 6. The average molecular weight is 830 g/mol. The molecule has 3 aromatic rings. The van der Waals surface area contributed by atoms with Crippen LogP contribution < -0.4 is 5.32 Å². The number of aliphatic imine (C=N–C) groups is 1. The first-order valence-corrected chi connectivity index (χ1v) is 22.2. The minimum Gasteiger partial charge on any atom is -0.508 e. The highest BCUT2D eigenvalue weighted by Gasteiger charge is 2.32. The Morgan fingerprint density at radius 2 is 1.83 bits per heavy atom. The number of hydrogen-bond acceptors (Lipinski definition) is 8. The molecule has 330 valence electrons. The topological polar surface area (TPSA) is 81.4 Å². The summed E-state index contributed by atoms with van der Waals surface area (Å²) >= 11 is 0. The number of phenolic OH excluding ortho intramolecular Hbond substituents is 1. The number of aromatic hydroxyl groups is 1. The van der Waals surface area contributed by atoms with Gasteiger partial charge in [0.05, 0.1) is 29.7 Å². The second-order valence-electron chi connectivity index (χ2n) is 16.5. The monoisotopic (exact) mass is 830 g/mol. The Hall–Kier alpha value is -4.48. The first-order chi connectivity index (χ1) is 28.7. The minimum atomic E-state index is -0.909. The van der Waals surface area contributed by atoms with E-state index >= 15 is 8.78 Å². The fourth-order valence-corrected chi connectivity index (χ4v) is 8.82. The zero-order valence-electron chi connectivity index (χ0n) is 38.5. The van der Waals surface area contributed by atoms with E-state index in [2.05, 4.69) is 70.0 Å². The zero-order valence-corrected chi connectivity index (χ0v) is 38.5. The molecule has 2 aromatic carbocycles. The van der Waals surface area contributed by atoms with Crippen molar-refractivity contribution in [2.75, 3.05) is 39.5 Å². The van der Waals surface area contributed by atoms with Crippen LogP contribution in [0.4, 0.5) is 14.5 Å². The summed E-state index contributed by atoms with van der Waals surface area (Å²) in [6.45, 7) is 24.4. The fraction of sp³-hybridized carbons (Fsp3) is 0.551. The summed E-state index contributed by atoms with van der Waals surface area (Å²) in [5.41, 5.74) is 5.20. The molecular formula is C49H73F2N7O2. The number of rotatable bonds is 22. The number of anilines is 1. The van der Waals surface area contributed by atoms with Gasteiger partial charge in [-0.1, -0.05) is 46.6 Å². The van der Waals surface area contributed by atoms with Gasteiger partial charge in [-0.15, -0.1) is 0 Å². The van der Waals surface area contributed by atoms with E-state index < -0.39 is 11.7 Å². The van der Waals surface area contributed by atoms with Gasteiger partial charge in [0.2, 0.25) is 5.88 Å². The zero-order chi connectivity index (χ0) is 44.1. The summed E-state index contributed by atoms with van der Waals surface area (Å²) in [4.78, 5) is 11.2. The maximum absolute atomic E-state index is 17.2. The number of phenols is 1. The molecule has 1 aromatic heterocycles.